The van der Waals surface area contributed by atoms with E-state index >= 15 is 0 Å². The molecule has 1 aromatic carbocycles. The second-order valence-electron chi connectivity index (χ2n) is 3.24. The molecule has 1 aliphatic carbocycles. The largest absolute Gasteiger partial charge is 0.207 e. The molecule has 0 aromatic heterocycles. The molecule has 0 amide bonds. The Morgan fingerprint density at radius 2 is 1.85 bits per heavy atom. The maximum atomic E-state index is 13.1. The van der Waals surface area contributed by atoms with E-state index in [9.17, 15) is 4.39 Å². The molecule has 0 atom stereocenters. The molecule has 0 bridgehead atoms. The van der Waals surface area contributed by atoms with Gasteiger partial charge in [-0.2, -0.15) is 0 Å². The van der Waals surface area contributed by atoms with Crippen LogP contribution < -0.4 is 0 Å². The predicted octanol–water partition coefficient (Wildman–Crippen LogP) is 4.04. The van der Waals surface area contributed by atoms with Crippen LogP contribution in [-0.2, 0) is 0 Å². The summed E-state index contributed by atoms with van der Waals surface area (Å²) in [6.07, 6.45) is 2.34. The van der Waals surface area contributed by atoms with E-state index < -0.39 is 0 Å². The zero-order valence-corrected chi connectivity index (χ0v) is 8.60. The van der Waals surface area contributed by atoms with E-state index in [0.717, 1.165) is 11.1 Å². The van der Waals surface area contributed by atoms with Crippen LogP contribution in [0.5, 0.6) is 0 Å². The van der Waals surface area contributed by atoms with Gasteiger partial charge in [-0.25, -0.2) is 4.39 Å². The summed E-state index contributed by atoms with van der Waals surface area (Å²) in [5.41, 5.74) is 2.06. The molecule has 2 rings (SSSR count). The van der Waals surface area contributed by atoms with Gasteiger partial charge >= 0.3 is 0 Å². The molecule has 1 saturated carbocycles. The monoisotopic (exact) mass is 180 g/mol. The normalized spacial score (nSPS) is 14.8. The Morgan fingerprint density at radius 3 is 2.31 bits per heavy atom. The first-order valence-corrected chi connectivity index (χ1v) is 5.04. The molecule has 1 aliphatic rings. The maximum Gasteiger partial charge on any atom is 0.126 e. The van der Waals surface area contributed by atoms with Crippen molar-refractivity contribution in [3.05, 3.63) is 35.1 Å². The van der Waals surface area contributed by atoms with E-state index in [2.05, 4.69) is 0 Å². The molecule has 1 aromatic rings. The quantitative estimate of drug-likeness (QED) is 0.612. The van der Waals surface area contributed by atoms with Crippen LogP contribution in [0, 0.1) is 12.7 Å². The zero-order chi connectivity index (χ0) is 9.84. The molecule has 0 aliphatic heterocycles. The lowest BCUT2D eigenvalue weighted by molar-refractivity contribution is 0.609. The van der Waals surface area contributed by atoms with Crippen LogP contribution in [0.25, 0.3) is 0 Å². The molecular weight excluding hydrogens is 163 g/mol. The van der Waals surface area contributed by atoms with Crippen LogP contribution in [0.1, 0.15) is 43.7 Å². The molecule has 13 heavy (non-hydrogen) atoms. The van der Waals surface area contributed by atoms with Gasteiger partial charge in [0.2, 0.25) is 0 Å². The van der Waals surface area contributed by atoms with Crippen LogP contribution in [0.2, 0.25) is 0 Å². The van der Waals surface area contributed by atoms with E-state index in [1.54, 1.807) is 12.1 Å². The Hall–Kier alpha value is -0.850. The first-order valence-electron chi connectivity index (χ1n) is 5.04. The highest BCUT2D eigenvalue weighted by molar-refractivity contribution is 5.33. The summed E-state index contributed by atoms with van der Waals surface area (Å²) in [5.74, 6) is 0.503. The number of halogens is 1. The Balaban J connectivity index is 0.000000396. The minimum atomic E-state index is -0.0208. The fourth-order valence-corrected chi connectivity index (χ4v) is 1.53. The smallest absolute Gasteiger partial charge is 0.126 e. The van der Waals surface area contributed by atoms with E-state index in [4.69, 9.17) is 0 Å². The molecule has 0 N–H and O–H groups in total. The molecule has 1 heteroatoms. The first-order chi connectivity index (χ1) is 6.29. The number of rotatable bonds is 1. The van der Waals surface area contributed by atoms with Crippen molar-refractivity contribution in [2.75, 3.05) is 0 Å². The Labute approximate surface area is 79.8 Å². The first kappa shape index (κ1) is 10.2. The second-order valence-corrected chi connectivity index (χ2v) is 3.24. The summed E-state index contributed by atoms with van der Waals surface area (Å²) in [4.78, 5) is 0. The summed E-state index contributed by atoms with van der Waals surface area (Å²) < 4.78 is 13.1. The van der Waals surface area contributed by atoms with Crippen LogP contribution in [0.4, 0.5) is 4.39 Å². The third-order valence-corrected chi connectivity index (χ3v) is 2.26. The van der Waals surface area contributed by atoms with E-state index in [-0.39, 0.29) is 5.82 Å². The number of hydrogen-bond donors (Lipinski definition) is 0. The van der Waals surface area contributed by atoms with Crippen molar-refractivity contribution in [3.63, 3.8) is 0 Å². The molecule has 0 unspecified atom stereocenters. The fourth-order valence-electron chi connectivity index (χ4n) is 1.53. The van der Waals surface area contributed by atoms with Gasteiger partial charge in [0.25, 0.3) is 0 Å². The highest BCUT2D eigenvalue weighted by atomic mass is 19.1. The average Bonchev–Trinajstić information content (AvgIpc) is 2.92. The van der Waals surface area contributed by atoms with Crippen LogP contribution in [-0.4, -0.2) is 0 Å². The maximum absolute atomic E-state index is 13.1. The van der Waals surface area contributed by atoms with E-state index in [1.807, 2.05) is 26.8 Å². The van der Waals surface area contributed by atoms with Crippen LogP contribution in [0.3, 0.4) is 0 Å². The van der Waals surface area contributed by atoms with Crippen molar-refractivity contribution in [3.8, 4) is 0 Å². The highest BCUT2D eigenvalue weighted by Crippen LogP contribution is 2.42. The molecule has 72 valence electrons. The van der Waals surface area contributed by atoms with Crippen molar-refractivity contribution in [1.29, 1.82) is 0 Å². The van der Waals surface area contributed by atoms with Gasteiger partial charge in [-0.1, -0.05) is 26.0 Å². The van der Waals surface area contributed by atoms with Gasteiger partial charge in [0.05, 0.1) is 0 Å². The molecule has 0 radical (unpaired) electrons. The lowest BCUT2D eigenvalue weighted by Gasteiger charge is -2.03. The molecule has 0 heterocycles. The Morgan fingerprint density at radius 1 is 1.23 bits per heavy atom. The molecule has 1 fully saturated rings. The number of hydrogen-bond acceptors (Lipinski definition) is 0. The van der Waals surface area contributed by atoms with Crippen LogP contribution >= 0.6 is 0 Å². The van der Waals surface area contributed by atoms with Crippen molar-refractivity contribution >= 4 is 0 Å². The van der Waals surface area contributed by atoms with Crippen molar-refractivity contribution < 1.29 is 4.39 Å². The van der Waals surface area contributed by atoms with Crippen molar-refractivity contribution in [2.24, 2.45) is 0 Å². The van der Waals surface area contributed by atoms with Gasteiger partial charge in [-0.3, -0.25) is 0 Å². The van der Waals surface area contributed by atoms with Crippen molar-refractivity contribution in [1.82, 2.24) is 0 Å². The number of benzene rings is 1. The van der Waals surface area contributed by atoms with Crippen LogP contribution in [0.15, 0.2) is 18.2 Å². The fraction of sp³-hybridized carbons (Fsp3) is 0.500. The summed E-state index contributed by atoms with van der Waals surface area (Å²) in [5, 5.41) is 0. The van der Waals surface area contributed by atoms with Gasteiger partial charge in [-0.15, -0.1) is 0 Å². The van der Waals surface area contributed by atoms with Gasteiger partial charge in [-0.05, 0) is 42.9 Å². The SMILES string of the molecule is CC.Cc1cccc(F)c1C1CC1. The minimum absolute atomic E-state index is 0.0208. The molecule has 0 spiro atoms. The lowest BCUT2D eigenvalue weighted by atomic mass is 10.0. The summed E-state index contributed by atoms with van der Waals surface area (Å²) >= 11 is 0. The number of aryl methyl sites for hydroxylation is 1. The highest BCUT2D eigenvalue weighted by Gasteiger charge is 2.27. The minimum Gasteiger partial charge on any atom is -0.207 e. The topological polar surface area (TPSA) is 0 Å². The summed E-state index contributed by atoms with van der Waals surface area (Å²) in [6.45, 7) is 5.98. The van der Waals surface area contributed by atoms with Gasteiger partial charge in [0.1, 0.15) is 5.82 Å². The second kappa shape index (κ2) is 4.40. The third-order valence-electron chi connectivity index (χ3n) is 2.26. The molecular formula is C12H17F. The predicted molar refractivity (Wildman–Crippen MR) is 54.5 cm³/mol. The Bertz CT molecular complexity index is 254. The Kier molecular flexibility index (Phi) is 3.47. The average molecular weight is 180 g/mol. The standard InChI is InChI=1S/C10H11F.C2H6/c1-7-3-2-4-9(11)10(7)8-5-6-8;1-2/h2-4,8H,5-6H2,1H3;1-2H3. The van der Waals surface area contributed by atoms with E-state index in [1.165, 1.54) is 12.8 Å². The lowest BCUT2D eigenvalue weighted by Crippen LogP contribution is -1.90. The van der Waals surface area contributed by atoms with Gasteiger partial charge < -0.3 is 0 Å². The van der Waals surface area contributed by atoms with Gasteiger partial charge in [0.15, 0.2) is 0 Å². The molecule has 0 saturated heterocycles. The van der Waals surface area contributed by atoms with E-state index in [0.29, 0.717) is 5.92 Å². The van der Waals surface area contributed by atoms with Crippen molar-refractivity contribution in [2.45, 2.75) is 39.5 Å². The summed E-state index contributed by atoms with van der Waals surface area (Å²) in [6, 6.07) is 5.31. The summed E-state index contributed by atoms with van der Waals surface area (Å²) in [7, 11) is 0. The molecule has 0 nitrogen and oxygen atoms in total. The zero-order valence-electron chi connectivity index (χ0n) is 8.60. The van der Waals surface area contributed by atoms with Gasteiger partial charge in [0, 0.05) is 0 Å². The third kappa shape index (κ3) is 2.30.